The molecule has 0 aliphatic carbocycles. The first-order chi connectivity index (χ1) is 8.90. The molecule has 2 rings (SSSR count). The molecule has 0 amide bonds. The lowest BCUT2D eigenvalue weighted by molar-refractivity contribution is 0.0774. The van der Waals surface area contributed by atoms with Crippen molar-refractivity contribution in [2.45, 2.75) is 59.7 Å². The van der Waals surface area contributed by atoms with E-state index in [9.17, 15) is 0 Å². The molecular weight excluding hydrogens is 254 g/mol. The van der Waals surface area contributed by atoms with Crippen LogP contribution in [0.3, 0.4) is 0 Å². The summed E-state index contributed by atoms with van der Waals surface area (Å²) in [5.41, 5.74) is 0.315. The standard InChI is InChI=1S/C15H27N3S/c1-6-12-8-16-13(15(3,4)5)9-18(12)10-14-17-7-11(2)19-14/h7,12-13,16H,6,8-10H2,1-5H3. The van der Waals surface area contributed by atoms with Crippen LogP contribution in [0.25, 0.3) is 0 Å². The lowest BCUT2D eigenvalue weighted by Crippen LogP contribution is -2.59. The molecule has 1 aliphatic heterocycles. The van der Waals surface area contributed by atoms with Gasteiger partial charge in [-0.25, -0.2) is 4.98 Å². The van der Waals surface area contributed by atoms with E-state index in [2.05, 4.69) is 49.8 Å². The third-order valence-electron chi connectivity index (χ3n) is 4.06. The largest absolute Gasteiger partial charge is 0.311 e. The second kappa shape index (κ2) is 5.90. The number of nitrogens with one attached hydrogen (secondary N) is 1. The SMILES string of the molecule is CCC1CNC(C(C)(C)C)CN1Cc1ncc(C)s1. The molecule has 0 bridgehead atoms. The van der Waals surface area contributed by atoms with Crippen molar-refractivity contribution in [1.82, 2.24) is 15.2 Å². The maximum atomic E-state index is 4.52. The van der Waals surface area contributed by atoms with Crippen molar-refractivity contribution in [1.29, 1.82) is 0 Å². The normalized spacial score (nSPS) is 25.7. The second-order valence-electron chi connectivity index (χ2n) is 6.68. The van der Waals surface area contributed by atoms with Crippen LogP contribution in [-0.2, 0) is 6.54 Å². The van der Waals surface area contributed by atoms with Gasteiger partial charge in [-0.2, -0.15) is 0 Å². The van der Waals surface area contributed by atoms with Gasteiger partial charge >= 0.3 is 0 Å². The molecule has 1 fully saturated rings. The van der Waals surface area contributed by atoms with Crippen LogP contribution < -0.4 is 5.32 Å². The molecule has 3 nitrogen and oxygen atoms in total. The number of thiazole rings is 1. The van der Waals surface area contributed by atoms with Gasteiger partial charge in [0.1, 0.15) is 5.01 Å². The number of aryl methyl sites for hydroxylation is 1. The number of rotatable bonds is 3. The molecule has 2 unspecified atom stereocenters. The van der Waals surface area contributed by atoms with Crippen molar-refractivity contribution >= 4 is 11.3 Å². The highest BCUT2D eigenvalue weighted by Gasteiger charge is 2.33. The summed E-state index contributed by atoms with van der Waals surface area (Å²) in [7, 11) is 0. The molecule has 1 aromatic heterocycles. The summed E-state index contributed by atoms with van der Waals surface area (Å²) in [6.45, 7) is 14.6. The minimum atomic E-state index is 0.315. The van der Waals surface area contributed by atoms with Gasteiger partial charge in [0.2, 0.25) is 0 Å². The number of aromatic nitrogens is 1. The monoisotopic (exact) mass is 281 g/mol. The van der Waals surface area contributed by atoms with Crippen LogP contribution in [0.5, 0.6) is 0 Å². The molecule has 1 aromatic rings. The Kier molecular flexibility index (Phi) is 4.64. The zero-order valence-electron chi connectivity index (χ0n) is 12.9. The van der Waals surface area contributed by atoms with Gasteiger partial charge in [-0.3, -0.25) is 4.90 Å². The highest BCUT2D eigenvalue weighted by atomic mass is 32.1. The van der Waals surface area contributed by atoms with Crippen LogP contribution in [0.1, 0.15) is 44.0 Å². The fourth-order valence-electron chi connectivity index (χ4n) is 2.68. The molecule has 4 heteroatoms. The van der Waals surface area contributed by atoms with Gasteiger partial charge in [0, 0.05) is 36.2 Å². The van der Waals surface area contributed by atoms with Crippen molar-refractivity contribution in [3.63, 3.8) is 0 Å². The van der Waals surface area contributed by atoms with Gasteiger partial charge in [0.25, 0.3) is 0 Å². The van der Waals surface area contributed by atoms with Crippen molar-refractivity contribution in [3.8, 4) is 0 Å². The van der Waals surface area contributed by atoms with Gasteiger partial charge in [-0.05, 0) is 18.8 Å². The van der Waals surface area contributed by atoms with Crippen molar-refractivity contribution < 1.29 is 0 Å². The molecule has 0 radical (unpaired) electrons. The first-order valence-electron chi connectivity index (χ1n) is 7.29. The predicted molar refractivity (Wildman–Crippen MR) is 82.6 cm³/mol. The Morgan fingerprint density at radius 2 is 2.21 bits per heavy atom. The lowest BCUT2D eigenvalue weighted by Gasteiger charge is -2.44. The average molecular weight is 281 g/mol. The van der Waals surface area contributed by atoms with Crippen molar-refractivity contribution in [3.05, 3.63) is 16.1 Å². The zero-order chi connectivity index (χ0) is 14.0. The van der Waals surface area contributed by atoms with E-state index in [1.54, 1.807) is 0 Å². The van der Waals surface area contributed by atoms with E-state index in [-0.39, 0.29) is 0 Å². The smallest absolute Gasteiger partial charge is 0.107 e. The quantitative estimate of drug-likeness (QED) is 0.923. The molecule has 108 valence electrons. The molecule has 2 atom stereocenters. The van der Waals surface area contributed by atoms with Gasteiger partial charge in [-0.1, -0.05) is 27.7 Å². The minimum Gasteiger partial charge on any atom is -0.311 e. The summed E-state index contributed by atoms with van der Waals surface area (Å²) in [6, 6.07) is 1.21. The third-order valence-corrected chi connectivity index (χ3v) is 4.96. The molecule has 0 aromatic carbocycles. The summed E-state index contributed by atoms with van der Waals surface area (Å²) in [5.74, 6) is 0. The van der Waals surface area contributed by atoms with Gasteiger partial charge in [0.05, 0.1) is 6.54 Å². The van der Waals surface area contributed by atoms with E-state index in [0.29, 0.717) is 17.5 Å². The van der Waals surface area contributed by atoms with E-state index in [1.165, 1.54) is 16.3 Å². The van der Waals surface area contributed by atoms with E-state index >= 15 is 0 Å². The van der Waals surface area contributed by atoms with Gasteiger partial charge in [-0.15, -0.1) is 11.3 Å². The van der Waals surface area contributed by atoms with Crippen LogP contribution >= 0.6 is 11.3 Å². The summed E-state index contributed by atoms with van der Waals surface area (Å²) in [5, 5.41) is 4.98. The van der Waals surface area contributed by atoms with Gasteiger partial charge < -0.3 is 5.32 Å². The molecule has 1 saturated heterocycles. The topological polar surface area (TPSA) is 28.2 Å². The van der Waals surface area contributed by atoms with Gasteiger partial charge in [0.15, 0.2) is 0 Å². The Bertz CT molecular complexity index is 408. The summed E-state index contributed by atoms with van der Waals surface area (Å²) in [6.07, 6.45) is 3.19. The maximum absolute atomic E-state index is 4.52. The summed E-state index contributed by atoms with van der Waals surface area (Å²) < 4.78 is 0. The average Bonchev–Trinajstić information content (AvgIpc) is 2.73. The van der Waals surface area contributed by atoms with Crippen LogP contribution in [-0.4, -0.2) is 35.1 Å². The van der Waals surface area contributed by atoms with E-state index < -0.39 is 0 Å². The van der Waals surface area contributed by atoms with Crippen LogP contribution in [0, 0.1) is 12.3 Å². The molecule has 19 heavy (non-hydrogen) atoms. The molecule has 0 spiro atoms. The summed E-state index contributed by atoms with van der Waals surface area (Å²) >= 11 is 1.83. The third kappa shape index (κ3) is 3.77. The minimum absolute atomic E-state index is 0.315. The Balaban J connectivity index is 2.05. The first kappa shape index (κ1) is 14.9. The summed E-state index contributed by atoms with van der Waals surface area (Å²) in [4.78, 5) is 8.45. The van der Waals surface area contributed by atoms with Crippen molar-refractivity contribution in [2.75, 3.05) is 13.1 Å². The molecule has 0 saturated carbocycles. The van der Waals surface area contributed by atoms with Crippen LogP contribution in [0.15, 0.2) is 6.20 Å². The molecule has 1 aliphatic rings. The Hall–Kier alpha value is -0.450. The van der Waals surface area contributed by atoms with Crippen LogP contribution in [0.2, 0.25) is 0 Å². The number of nitrogens with zero attached hydrogens (tertiary/aromatic N) is 2. The second-order valence-corrected chi connectivity index (χ2v) is 8.00. The van der Waals surface area contributed by atoms with E-state index in [4.69, 9.17) is 0 Å². The van der Waals surface area contributed by atoms with Crippen LogP contribution in [0.4, 0.5) is 0 Å². The number of piperazine rings is 1. The highest BCUT2D eigenvalue weighted by Crippen LogP contribution is 2.26. The highest BCUT2D eigenvalue weighted by molar-refractivity contribution is 7.11. The fraction of sp³-hybridized carbons (Fsp3) is 0.800. The Labute approximate surface area is 121 Å². The Morgan fingerprint density at radius 3 is 2.74 bits per heavy atom. The lowest BCUT2D eigenvalue weighted by atomic mass is 9.84. The predicted octanol–water partition coefficient (Wildman–Crippen LogP) is 3.05. The first-order valence-corrected chi connectivity index (χ1v) is 8.10. The number of hydrogen-bond donors (Lipinski definition) is 1. The fourth-order valence-corrected chi connectivity index (χ4v) is 3.49. The van der Waals surface area contributed by atoms with Crippen molar-refractivity contribution in [2.24, 2.45) is 5.41 Å². The zero-order valence-corrected chi connectivity index (χ0v) is 13.7. The molecular formula is C15H27N3S. The maximum Gasteiger partial charge on any atom is 0.107 e. The Morgan fingerprint density at radius 1 is 1.47 bits per heavy atom. The van der Waals surface area contributed by atoms with E-state index in [1.807, 2.05) is 17.5 Å². The molecule has 1 N–H and O–H groups in total. The number of hydrogen-bond acceptors (Lipinski definition) is 4. The molecule has 2 heterocycles. The van der Waals surface area contributed by atoms with E-state index in [0.717, 1.165) is 19.6 Å².